The first-order chi connectivity index (χ1) is 12.4. The molecule has 0 radical (unpaired) electrons. The van der Waals surface area contributed by atoms with Crippen molar-refractivity contribution in [1.82, 2.24) is 14.7 Å². The minimum Gasteiger partial charge on any atom is -0.366 e. The van der Waals surface area contributed by atoms with E-state index in [1.807, 2.05) is 16.6 Å². The summed E-state index contributed by atoms with van der Waals surface area (Å²) in [5.74, 6) is 0.134. The topological polar surface area (TPSA) is 41.4 Å². The van der Waals surface area contributed by atoms with Crippen LogP contribution in [0.3, 0.4) is 0 Å². The molecule has 0 bridgehead atoms. The van der Waals surface area contributed by atoms with Crippen molar-refractivity contribution in [3.05, 3.63) is 33.5 Å². The first-order valence-electron chi connectivity index (χ1n) is 9.54. The molecule has 0 fully saturated rings. The van der Waals surface area contributed by atoms with Gasteiger partial charge in [0.2, 0.25) is 0 Å². The van der Waals surface area contributed by atoms with Crippen LogP contribution in [-0.2, 0) is 19.4 Å². The fourth-order valence-electron chi connectivity index (χ4n) is 3.77. The lowest BCUT2D eigenvalue weighted by molar-refractivity contribution is 0.0801. The highest BCUT2D eigenvalue weighted by Crippen LogP contribution is 2.34. The van der Waals surface area contributed by atoms with Gasteiger partial charge in [0, 0.05) is 39.4 Å². The molecule has 0 aliphatic carbocycles. The van der Waals surface area contributed by atoms with Gasteiger partial charge in [0.15, 0.2) is 0 Å². The number of anilines is 1. The Bertz CT molecular complexity index is 792. The first kappa shape index (κ1) is 19.0. The number of thiophene rings is 1. The Labute approximate surface area is 160 Å². The van der Waals surface area contributed by atoms with Gasteiger partial charge in [0.1, 0.15) is 0 Å². The second-order valence-electron chi connectivity index (χ2n) is 7.26. The fraction of sp³-hybridized carbons (Fsp3) is 0.600. The van der Waals surface area contributed by atoms with E-state index in [-0.39, 0.29) is 5.91 Å². The number of carbonyl (C=O) groups excluding carboxylic acids is 1. The minimum atomic E-state index is 0.134. The molecule has 0 saturated carbocycles. The average Bonchev–Trinajstić information content (AvgIpc) is 3.11. The van der Waals surface area contributed by atoms with E-state index in [0.717, 1.165) is 36.5 Å². The highest BCUT2D eigenvalue weighted by atomic mass is 32.1. The largest absolute Gasteiger partial charge is 0.366 e. The van der Waals surface area contributed by atoms with Crippen molar-refractivity contribution >= 4 is 22.2 Å². The van der Waals surface area contributed by atoms with E-state index in [4.69, 9.17) is 0 Å². The number of carbonyl (C=O) groups is 1. The van der Waals surface area contributed by atoms with E-state index in [1.54, 1.807) is 11.3 Å². The number of hydrogen-bond acceptors (Lipinski definition) is 4. The summed E-state index contributed by atoms with van der Waals surface area (Å²) >= 11 is 1.65. The summed E-state index contributed by atoms with van der Waals surface area (Å²) in [6.45, 7) is 8.97. The summed E-state index contributed by atoms with van der Waals surface area (Å²) in [5, 5.41) is 5.85. The Morgan fingerprint density at radius 3 is 2.81 bits per heavy atom. The smallest absolute Gasteiger partial charge is 0.263 e. The Hall–Kier alpha value is -1.82. The molecule has 0 unspecified atom stereocenters. The number of fused-ring (bicyclic) bond motifs is 1. The molecule has 2 aromatic heterocycles. The van der Waals surface area contributed by atoms with Crippen LogP contribution in [0.15, 0.2) is 6.07 Å². The maximum atomic E-state index is 12.9. The summed E-state index contributed by atoms with van der Waals surface area (Å²) in [5.41, 5.74) is 4.90. The third-order valence-corrected chi connectivity index (χ3v) is 6.69. The number of amides is 1. The van der Waals surface area contributed by atoms with E-state index in [9.17, 15) is 4.79 Å². The quantitative estimate of drug-likeness (QED) is 0.802. The minimum absolute atomic E-state index is 0.134. The molecule has 2 aromatic rings. The summed E-state index contributed by atoms with van der Waals surface area (Å²) in [7, 11) is 4.04. The molecular formula is C20H30N4OS. The Morgan fingerprint density at radius 1 is 1.35 bits per heavy atom. The van der Waals surface area contributed by atoms with Crippen LogP contribution in [0.25, 0.3) is 0 Å². The summed E-state index contributed by atoms with van der Waals surface area (Å²) in [6.07, 6.45) is 4.37. The van der Waals surface area contributed by atoms with Gasteiger partial charge in [-0.25, -0.2) is 0 Å². The van der Waals surface area contributed by atoms with Gasteiger partial charge in [-0.3, -0.25) is 9.48 Å². The van der Waals surface area contributed by atoms with Crippen molar-refractivity contribution in [3.8, 4) is 0 Å². The summed E-state index contributed by atoms with van der Waals surface area (Å²) < 4.78 is 2.04. The number of nitrogens with zero attached hydrogens (tertiary/aromatic N) is 4. The standard InChI is InChI=1S/C20H30N4OS/c1-6-24-15(3)17(14(2)21-24)10-12-22(4)19(25)18-13-16-9-7-8-11-23(5)20(16)26-18/h13H,6-12H2,1-5H3. The van der Waals surface area contributed by atoms with Gasteiger partial charge in [-0.15, -0.1) is 11.3 Å². The monoisotopic (exact) mass is 374 g/mol. The number of rotatable bonds is 5. The van der Waals surface area contributed by atoms with Crippen LogP contribution in [0.5, 0.6) is 0 Å². The van der Waals surface area contributed by atoms with Crippen LogP contribution < -0.4 is 4.90 Å². The van der Waals surface area contributed by atoms with Gasteiger partial charge >= 0.3 is 0 Å². The predicted molar refractivity (Wildman–Crippen MR) is 109 cm³/mol. The third kappa shape index (κ3) is 3.65. The number of aromatic nitrogens is 2. The van der Waals surface area contributed by atoms with Crippen LogP contribution in [-0.4, -0.2) is 47.8 Å². The van der Waals surface area contributed by atoms with Crippen LogP contribution in [0, 0.1) is 13.8 Å². The van der Waals surface area contributed by atoms with E-state index in [1.165, 1.54) is 34.7 Å². The molecular weight excluding hydrogens is 344 g/mol. The summed E-state index contributed by atoms with van der Waals surface area (Å²) in [4.78, 5) is 17.9. The van der Waals surface area contributed by atoms with E-state index >= 15 is 0 Å². The van der Waals surface area contributed by atoms with Crippen molar-refractivity contribution in [2.24, 2.45) is 0 Å². The molecule has 26 heavy (non-hydrogen) atoms. The second-order valence-corrected chi connectivity index (χ2v) is 8.29. The maximum absolute atomic E-state index is 12.9. The number of aryl methyl sites for hydroxylation is 3. The molecule has 1 aliphatic heterocycles. The molecule has 6 heteroatoms. The van der Waals surface area contributed by atoms with Crippen molar-refractivity contribution in [3.63, 3.8) is 0 Å². The molecule has 0 saturated heterocycles. The van der Waals surface area contributed by atoms with Crippen molar-refractivity contribution in [2.75, 3.05) is 32.1 Å². The molecule has 5 nitrogen and oxygen atoms in total. The number of hydrogen-bond donors (Lipinski definition) is 0. The normalized spacial score (nSPS) is 14.3. The SMILES string of the molecule is CCn1nc(C)c(CCN(C)C(=O)c2cc3c(s2)N(C)CCCC3)c1C. The Morgan fingerprint density at radius 2 is 2.12 bits per heavy atom. The highest BCUT2D eigenvalue weighted by molar-refractivity contribution is 7.18. The Kier molecular flexibility index (Phi) is 5.70. The van der Waals surface area contributed by atoms with Crippen molar-refractivity contribution < 1.29 is 4.79 Å². The van der Waals surface area contributed by atoms with Gasteiger partial charge in [-0.05, 0) is 63.6 Å². The van der Waals surface area contributed by atoms with Crippen molar-refractivity contribution in [2.45, 2.75) is 53.0 Å². The molecule has 0 aromatic carbocycles. The lowest BCUT2D eigenvalue weighted by Gasteiger charge is -2.17. The number of likely N-dealkylation sites (N-methyl/N-ethyl adjacent to an activating group) is 1. The third-order valence-electron chi connectivity index (χ3n) is 5.41. The van der Waals surface area contributed by atoms with E-state index in [0.29, 0.717) is 6.54 Å². The first-order valence-corrected chi connectivity index (χ1v) is 10.4. The molecule has 1 amide bonds. The van der Waals surface area contributed by atoms with Gasteiger partial charge < -0.3 is 9.80 Å². The molecule has 3 rings (SSSR count). The summed E-state index contributed by atoms with van der Waals surface area (Å²) in [6, 6.07) is 2.12. The zero-order valence-electron chi connectivity index (χ0n) is 16.6. The van der Waals surface area contributed by atoms with E-state index in [2.05, 4.69) is 43.9 Å². The van der Waals surface area contributed by atoms with Crippen molar-refractivity contribution in [1.29, 1.82) is 0 Å². The zero-order valence-corrected chi connectivity index (χ0v) is 17.4. The second kappa shape index (κ2) is 7.82. The lowest BCUT2D eigenvalue weighted by Crippen LogP contribution is -2.28. The average molecular weight is 375 g/mol. The van der Waals surface area contributed by atoms with Gasteiger partial charge in [0.05, 0.1) is 15.6 Å². The van der Waals surface area contributed by atoms with Crippen LogP contribution >= 0.6 is 11.3 Å². The van der Waals surface area contributed by atoms with Crippen LogP contribution in [0.4, 0.5) is 5.00 Å². The zero-order chi connectivity index (χ0) is 18.8. The van der Waals surface area contributed by atoms with E-state index < -0.39 is 0 Å². The molecule has 0 atom stereocenters. The van der Waals surface area contributed by atoms with Gasteiger partial charge in [-0.1, -0.05) is 0 Å². The molecule has 142 valence electrons. The van der Waals surface area contributed by atoms with Gasteiger partial charge in [0.25, 0.3) is 5.91 Å². The van der Waals surface area contributed by atoms with Gasteiger partial charge in [-0.2, -0.15) is 5.10 Å². The van der Waals surface area contributed by atoms with Crippen LogP contribution in [0.1, 0.15) is 52.0 Å². The molecule has 1 aliphatic rings. The predicted octanol–water partition coefficient (Wildman–Crippen LogP) is 3.67. The highest BCUT2D eigenvalue weighted by Gasteiger charge is 2.22. The van der Waals surface area contributed by atoms with Crippen LogP contribution in [0.2, 0.25) is 0 Å². The molecule has 0 spiro atoms. The molecule has 3 heterocycles. The lowest BCUT2D eigenvalue weighted by atomic mass is 10.1. The fourth-order valence-corrected chi connectivity index (χ4v) is 4.96. The molecule has 0 N–H and O–H groups in total. The Balaban J connectivity index is 1.69. The maximum Gasteiger partial charge on any atom is 0.263 e.